The third kappa shape index (κ3) is 3.64. The fourth-order valence-electron chi connectivity index (χ4n) is 2.48. The number of alkyl halides is 3. The second-order valence-electron chi connectivity index (χ2n) is 5.38. The maximum Gasteiger partial charge on any atom is 0.416 e. The molecule has 8 heteroatoms. The molecule has 3 rings (SSSR count). The number of amides is 1. The van der Waals surface area contributed by atoms with Gasteiger partial charge in [0.1, 0.15) is 11.8 Å². The summed E-state index contributed by atoms with van der Waals surface area (Å²) in [6, 6.07) is 6.80. The third-order valence-electron chi connectivity index (χ3n) is 3.67. The fourth-order valence-corrected chi connectivity index (χ4v) is 2.48. The first kappa shape index (κ1) is 16.2. The number of rotatable bonds is 3. The summed E-state index contributed by atoms with van der Waals surface area (Å²) in [5.41, 5.74) is -0.484. The summed E-state index contributed by atoms with van der Waals surface area (Å²) in [6.07, 6.45) is -1.73. The molecule has 1 aliphatic heterocycles. The maximum absolute atomic E-state index is 12.7. The maximum atomic E-state index is 12.7. The summed E-state index contributed by atoms with van der Waals surface area (Å²) in [4.78, 5) is 21.7. The molecule has 0 aliphatic carbocycles. The average molecular weight is 337 g/mol. The van der Waals surface area contributed by atoms with Crippen LogP contribution in [0.3, 0.4) is 0 Å². The minimum Gasteiger partial charge on any atom is -0.472 e. The molecular formula is C16H14F3N3O2. The zero-order valence-corrected chi connectivity index (χ0v) is 12.5. The van der Waals surface area contributed by atoms with Gasteiger partial charge in [-0.25, -0.2) is 4.98 Å². The second kappa shape index (κ2) is 6.46. The van der Waals surface area contributed by atoms with Crippen molar-refractivity contribution in [2.45, 2.75) is 18.7 Å². The van der Waals surface area contributed by atoms with Crippen molar-refractivity contribution in [3.05, 3.63) is 54.0 Å². The Hall–Kier alpha value is -2.64. The quantitative estimate of drug-likeness (QED) is 0.864. The molecule has 5 nitrogen and oxygen atoms in total. The third-order valence-corrected chi connectivity index (χ3v) is 3.67. The van der Waals surface area contributed by atoms with Crippen molar-refractivity contribution < 1.29 is 22.7 Å². The Bertz CT molecular complexity index is 722. The first-order valence-corrected chi connectivity index (χ1v) is 7.34. The van der Waals surface area contributed by atoms with E-state index in [1.54, 1.807) is 23.1 Å². The number of ether oxygens (including phenoxy) is 1. The lowest BCUT2D eigenvalue weighted by Crippen LogP contribution is -2.31. The van der Waals surface area contributed by atoms with E-state index < -0.39 is 17.8 Å². The van der Waals surface area contributed by atoms with E-state index in [2.05, 4.69) is 9.97 Å². The first-order valence-electron chi connectivity index (χ1n) is 7.34. The van der Waals surface area contributed by atoms with Crippen LogP contribution in [0.5, 0.6) is 5.88 Å². The van der Waals surface area contributed by atoms with Crippen LogP contribution in [0.1, 0.15) is 22.5 Å². The van der Waals surface area contributed by atoms with Gasteiger partial charge in [-0.2, -0.15) is 13.2 Å². The normalized spacial score (nSPS) is 17.8. The highest BCUT2D eigenvalue weighted by molar-refractivity contribution is 5.92. The Labute approximate surface area is 136 Å². The molecule has 0 radical (unpaired) electrons. The second-order valence-corrected chi connectivity index (χ2v) is 5.38. The van der Waals surface area contributed by atoms with E-state index in [-0.39, 0.29) is 18.3 Å². The molecule has 1 saturated heterocycles. The molecule has 1 aliphatic rings. The van der Waals surface area contributed by atoms with E-state index in [9.17, 15) is 18.0 Å². The molecule has 24 heavy (non-hydrogen) atoms. The largest absolute Gasteiger partial charge is 0.472 e. The molecule has 1 atom stereocenters. The van der Waals surface area contributed by atoms with Crippen LogP contribution in [0.2, 0.25) is 0 Å². The molecule has 0 spiro atoms. The molecule has 1 unspecified atom stereocenters. The predicted molar refractivity (Wildman–Crippen MR) is 78.4 cm³/mol. The molecule has 126 valence electrons. The number of halogens is 3. The number of nitrogens with zero attached hydrogens (tertiary/aromatic N) is 3. The van der Waals surface area contributed by atoms with Gasteiger partial charge in [-0.15, -0.1) is 0 Å². The number of aromatic nitrogens is 2. The predicted octanol–water partition coefficient (Wildman–Crippen LogP) is 2.79. The monoisotopic (exact) mass is 337 g/mol. The minimum atomic E-state index is -4.45. The Morgan fingerprint density at radius 2 is 2.04 bits per heavy atom. The van der Waals surface area contributed by atoms with Gasteiger partial charge in [0.25, 0.3) is 5.91 Å². The molecule has 0 N–H and O–H groups in total. The van der Waals surface area contributed by atoms with Crippen LogP contribution >= 0.6 is 0 Å². The van der Waals surface area contributed by atoms with Crippen LogP contribution in [0.15, 0.2) is 42.7 Å². The van der Waals surface area contributed by atoms with E-state index in [4.69, 9.17) is 4.74 Å². The molecule has 0 aromatic carbocycles. The van der Waals surface area contributed by atoms with Crippen molar-refractivity contribution >= 4 is 5.91 Å². The highest BCUT2D eigenvalue weighted by atomic mass is 19.4. The van der Waals surface area contributed by atoms with Crippen molar-refractivity contribution in [1.29, 1.82) is 0 Å². The summed E-state index contributed by atoms with van der Waals surface area (Å²) >= 11 is 0. The average Bonchev–Trinajstić information content (AvgIpc) is 3.03. The topological polar surface area (TPSA) is 55.3 Å². The van der Waals surface area contributed by atoms with Gasteiger partial charge in [-0.1, -0.05) is 6.07 Å². The van der Waals surface area contributed by atoms with E-state index in [0.29, 0.717) is 18.7 Å². The first-order chi connectivity index (χ1) is 11.4. The number of likely N-dealkylation sites (tertiary alicyclic amines) is 1. The van der Waals surface area contributed by atoms with Crippen molar-refractivity contribution in [2.75, 3.05) is 13.1 Å². The summed E-state index contributed by atoms with van der Waals surface area (Å²) in [5.74, 6) is -0.319. The lowest BCUT2D eigenvalue weighted by Gasteiger charge is -2.17. The molecule has 0 saturated carbocycles. The summed E-state index contributed by atoms with van der Waals surface area (Å²) in [6.45, 7) is 0.742. The highest BCUT2D eigenvalue weighted by Crippen LogP contribution is 2.31. The Morgan fingerprint density at radius 1 is 1.21 bits per heavy atom. The SMILES string of the molecule is O=C(c1ccccn1)N1CCC(Oc2cc(C(F)(F)F)ccn2)C1. The van der Waals surface area contributed by atoms with Gasteiger partial charge in [0.05, 0.1) is 12.1 Å². The van der Waals surface area contributed by atoms with Gasteiger partial charge in [0.15, 0.2) is 0 Å². The van der Waals surface area contributed by atoms with Crippen LogP contribution in [-0.2, 0) is 6.18 Å². The summed E-state index contributed by atoms with van der Waals surface area (Å²) in [5, 5.41) is 0. The summed E-state index contributed by atoms with van der Waals surface area (Å²) in [7, 11) is 0. The van der Waals surface area contributed by atoms with Crippen molar-refractivity contribution in [1.82, 2.24) is 14.9 Å². The lowest BCUT2D eigenvalue weighted by molar-refractivity contribution is -0.137. The van der Waals surface area contributed by atoms with Gasteiger partial charge in [-0.3, -0.25) is 9.78 Å². The van der Waals surface area contributed by atoms with E-state index in [1.807, 2.05) is 0 Å². The number of pyridine rings is 2. The molecule has 1 fully saturated rings. The smallest absolute Gasteiger partial charge is 0.416 e. The van der Waals surface area contributed by atoms with Crippen LogP contribution in [-0.4, -0.2) is 40.0 Å². The van der Waals surface area contributed by atoms with Gasteiger partial charge in [0.2, 0.25) is 5.88 Å². The molecule has 1 amide bonds. The van der Waals surface area contributed by atoms with Crippen molar-refractivity contribution in [3.63, 3.8) is 0 Å². The lowest BCUT2D eigenvalue weighted by atomic mass is 10.2. The van der Waals surface area contributed by atoms with Crippen LogP contribution < -0.4 is 4.74 Å². The van der Waals surface area contributed by atoms with Gasteiger partial charge in [-0.05, 0) is 18.2 Å². The van der Waals surface area contributed by atoms with Gasteiger partial charge in [0, 0.05) is 31.4 Å². The molecule has 2 aromatic heterocycles. The van der Waals surface area contributed by atoms with E-state index in [0.717, 1.165) is 18.3 Å². The van der Waals surface area contributed by atoms with Crippen LogP contribution in [0.4, 0.5) is 13.2 Å². The standard InChI is InChI=1S/C16H14F3N3O2/c17-16(18,19)11-4-7-21-14(9-11)24-12-5-8-22(10-12)15(23)13-3-1-2-6-20-13/h1-4,6-7,9,12H,5,8,10H2. The number of hydrogen-bond donors (Lipinski definition) is 0. The highest BCUT2D eigenvalue weighted by Gasteiger charge is 2.32. The fraction of sp³-hybridized carbons (Fsp3) is 0.312. The number of carbonyl (C=O) groups excluding carboxylic acids is 1. The Kier molecular flexibility index (Phi) is 4.37. The molecule has 3 heterocycles. The number of hydrogen-bond acceptors (Lipinski definition) is 4. The van der Waals surface area contributed by atoms with E-state index in [1.165, 1.54) is 6.20 Å². The zero-order valence-electron chi connectivity index (χ0n) is 12.5. The Balaban J connectivity index is 1.64. The van der Waals surface area contributed by atoms with Crippen molar-refractivity contribution in [2.24, 2.45) is 0 Å². The molecule has 0 bridgehead atoms. The zero-order chi connectivity index (χ0) is 17.2. The molecule has 2 aromatic rings. The minimum absolute atomic E-state index is 0.0954. The molecular weight excluding hydrogens is 323 g/mol. The van der Waals surface area contributed by atoms with Gasteiger partial charge >= 0.3 is 6.18 Å². The van der Waals surface area contributed by atoms with E-state index >= 15 is 0 Å². The summed E-state index contributed by atoms with van der Waals surface area (Å²) < 4.78 is 43.6. The number of carbonyl (C=O) groups is 1. The van der Waals surface area contributed by atoms with Crippen LogP contribution in [0, 0.1) is 0 Å². The van der Waals surface area contributed by atoms with Crippen molar-refractivity contribution in [3.8, 4) is 5.88 Å². The Morgan fingerprint density at radius 3 is 2.75 bits per heavy atom. The van der Waals surface area contributed by atoms with Gasteiger partial charge < -0.3 is 9.64 Å². The van der Waals surface area contributed by atoms with Crippen LogP contribution in [0.25, 0.3) is 0 Å².